The van der Waals surface area contributed by atoms with Gasteiger partial charge in [-0.05, 0) is 49.1 Å². The molecular formula is C36H35F3N6O2. The molecule has 0 aliphatic carbocycles. The molecule has 1 amide bonds. The number of halogens is 3. The molecule has 0 radical (unpaired) electrons. The molecule has 0 saturated carbocycles. The van der Waals surface area contributed by atoms with Gasteiger partial charge in [0.15, 0.2) is 0 Å². The van der Waals surface area contributed by atoms with Crippen LogP contribution in [0, 0.1) is 0 Å². The van der Waals surface area contributed by atoms with Gasteiger partial charge in [0.05, 0.1) is 28.7 Å². The molecule has 1 aliphatic rings. The maximum atomic E-state index is 13.8. The first-order valence-electron chi connectivity index (χ1n) is 15.5. The van der Waals surface area contributed by atoms with Gasteiger partial charge in [-0.25, -0.2) is 19.7 Å². The van der Waals surface area contributed by atoms with E-state index in [1.54, 1.807) is 23.2 Å². The summed E-state index contributed by atoms with van der Waals surface area (Å²) < 4.78 is 48.7. The smallest absolute Gasteiger partial charge is 0.416 e. The summed E-state index contributed by atoms with van der Waals surface area (Å²) in [5.41, 5.74) is 3.07. The van der Waals surface area contributed by atoms with Crippen molar-refractivity contribution in [2.45, 2.75) is 44.5 Å². The molecule has 0 bridgehead atoms. The van der Waals surface area contributed by atoms with Crippen LogP contribution in [0.1, 0.15) is 54.2 Å². The van der Waals surface area contributed by atoms with E-state index in [1.165, 1.54) is 6.07 Å². The molecule has 1 saturated heterocycles. The van der Waals surface area contributed by atoms with Gasteiger partial charge in [-0.2, -0.15) is 13.2 Å². The zero-order valence-corrected chi connectivity index (χ0v) is 26.1. The molecule has 11 heteroatoms. The number of nitrogens with zero attached hydrogens (tertiary/aromatic N) is 5. The molecular weight excluding hydrogens is 605 g/mol. The number of amides is 1. The fourth-order valence-electron chi connectivity index (χ4n) is 5.93. The minimum absolute atomic E-state index is 0.0333. The topological polar surface area (TPSA) is 85.2 Å². The molecule has 1 aliphatic heterocycles. The first kappa shape index (κ1) is 31.8. The van der Waals surface area contributed by atoms with Crippen molar-refractivity contribution in [2.75, 3.05) is 18.4 Å². The second kappa shape index (κ2) is 13.7. The predicted octanol–water partition coefficient (Wildman–Crippen LogP) is 8.25. The summed E-state index contributed by atoms with van der Waals surface area (Å²) in [5, 5.41) is 3.33. The highest BCUT2D eigenvalue weighted by atomic mass is 19.4. The Kier molecular flexibility index (Phi) is 9.24. The van der Waals surface area contributed by atoms with Crippen molar-refractivity contribution in [1.29, 1.82) is 0 Å². The molecule has 242 valence electrons. The molecule has 2 aromatic heterocycles. The third kappa shape index (κ3) is 7.29. The summed E-state index contributed by atoms with van der Waals surface area (Å²) in [6.45, 7) is 3.14. The molecule has 0 unspecified atom stereocenters. The fourth-order valence-corrected chi connectivity index (χ4v) is 5.93. The lowest BCUT2D eigenvalue weighted by atomic mass is 9.96. The van der Waals surface area contributed by atoms with Crippen molar-refractivity contribution < 1.29 is 22.7 Å². The van der Waals surface area contributed by atoms with Crippen LogP contribution in [0.5, 0.6) is 0 Å². The van der Waals surface area contributed by atoms with E-state index in [9.17, 15) is 18.0 Å². The zero-order valence-electron chi connectivity index (χ0n) is 26.1. The average Bonchev–Trinajstić information content (AvgIpc) is 3.44. The average molecular weight is 641 g/mol. The number of carbonyl (C=O) groups excluding carboxylic acids is 1. The van der Waals surface area contributed by atoms with Gasteiger partial charge < -0.3 is 19.5 Å². The Morgan fingerprint density at radius 3 is 2.36 bits per heavy atom. The fraction of sp³-hybridized carbons (Fsp3) is 0.278. The second-order valence-corrected chi connectivity index (χ2v) is 11.6. The van der Waals surface area contributed by atoms with Crippen molar-refractivity contribution in [3.8, 4) is 22.6 Å². The molecule has 1 N–H and O–H groups in total. The van der Waals surface area contributed by atoms with Crippen LogP contribution < -0.4 is 5.32 Å². The Morgan fingerprint density at radius 1 is 0.957 bits per heavy atom. The summed E-state index contributed by atoms with van der Waals surface area (Å²) in [7, 11) is 1.86. The standard InChI is InChI=1S/C36H35F3N6O2/c1-24(26-12-7-4-8-13-26)41-34-40-19-16-30(42-34)32-31(28-14-9-15-29(22-28)36(37,38)39)43-33(44(32)2)27-17-20-45(21-18-27)35(46)47-23-25-10-5-3-6-11-25/h3-16,19,22,24,27H,17-18,20-21,23H2,1-2H3,(H,40,41,42)/t24-/m0/s1. The van der Waals surface area contributed by atoms with Crippen molar-refractivity contribution >= 4 is 12.0 Å². The number of piperidine rings is 1. The SMILES string of the molecule is C[C@H](Nc1nccc(-c2c(-c3cccc(C(F)(F)F)c3)nc(C3CCN(C(=O)OCc4ccccc4)CC3)n2C)n1)c1ccccc1. The van der Waals surface area contributed by atoms with E-state index >= 15 is 0 Å². The highest BCUT2D eigenvalue weighted by Gasteiger charge is 2.33. The largest absolute Gasteiger partial charge is 0.445 e. The summed E-state index contributed by atoms with van der Waals surface area (Å²) in [5.74, 6) is 1.07. The Bertz CT molecular complexity index is 1820. The number of imidazole rings is 1. The number of alkyl halides is 3. The molecule has 3 aromatic carbocycles. The number of hydrogen-bond donors (Lipinski definition) is 1. The van der Waals surface area contributed by atoms with Crippen LogP contribution in [-0.4, -0.2) is 43.6 Å². The molecule has 0 spiro atoms. The van der Waals surface area contributed by atoms with Crippen LogP contribution >= 0.6 is 0 Å². The van der Waals surface area contributed by atoms with Crippen molar-refractivity contribution in [3.05, 3.63) is 120 Å². The number of carbonyl (C=O) groups is 1. The Labute approximate surface area is 271 Å². The highest BCUT2D eigenvalue weighted by molar-refractivity contribution is 5.78. The van der Waals surface area contributed by atoms with Crippen molar-refractivity contribution in [2.24, 2.45) is 7.05 Å². The maximum absolute atomic E-state index is 13.8. The number of nitrogens with one attached hydrogen (secondary N) is 1. The van der Waals surface area contributed by atoms with Crippen molar-refractivity contribution in [1.82, 2.24) is 24.4 Å². The van der Waals surface area contributed by atoms with Gasteiger partial charge in [0, 0.05) is 37.8 Å². The number of rotatable bonds is 8. The van der Waals surface area contributed by atoms with Crippen LogP contribution in [0.25, 0.3) is 22.6 Å². The third-order valence-corrected chi connectivity index (χ3v) is 8.46. The highest BCUT2D eigenvalue weighted by Crippen LogP contribution is 2.39. The number of anilines is 1. The Balaban J connectivity index is 1.28. The molecule has 8 nitrogen and oxygen atoms in total. The van der Waals surface area contributed by atoms with E-state index in [0.717, 1.165) is 29.1 Å². The van der Waals surface area contributed by atoms with Crippen LogP contribution in [-0.2, 0) is 24.6 Å². The summed E-state index contributed by atoms with van der Waals surface area (Å²) in [6, 6.07) is 26.3. The minimum Gasteiger partial charge on any atom is -0.445 e. The van der Waals surface area contributed by atoms with Crippen LogP contribution in [0.3, 0.4) is 0 Å². The van der Waals surface area contributed by atoms with Gasteiger partial charge in [-0.3, -0.25) is 0 Å². The Hall–Kier alpha value is -5.19. The zero-order chi connectivity index (χ0) is 33.0. The Morgan fingerprint density at radius 2 is 1.66 bits per heavy atom. The first-order valence-corrected chi connectivity index (χ1v) is 15.5. The van der Waals surface area contributed by atoms with Crippen LogP contribution in [0.2, 0.25) is 0 Å². The lowest BCUT2D eigenvalue weighted by Gasteiger charge is -2.31. The van der Waals surface area contributed by atoms with E-state index in [4.69, 9.17) is 14.7 Å². The maximum Gasteiger partial charge on any atom is 0.416 e. The van der Waals surface area contributed by atoms with E-state index < -0.39 is 11.7 Å². The predicted molar refractivity (Wildman–Crippen MR) is 173 cm³/mol. The molecule has 5 aromatic rings. The third-order valence-electron chi connectivity index (χ3n) is 8.46. The summed E-state index contributed by atoms with van der Waals surface area (Å²) in [4.78, 5) is 28.7. The van der Waals surface area contributed by atoms with E-state index in [0.29, 0.717) is 54.5 Å². The molecule has 47 heavy (non-hydrogen) atoms. The van der Waals surface area contributed by atoms with Gasteiger partial charge in [0.2, 0.25) is 5.95 Å². The van der Waals surface area contributed by atoms with E-state index in [1.807, 2.05) is 79.2 Å². The lowest BCUT2D eigenvalue weighted by Crippen LogP contribution is -2.38. The van der Waals surface area contributed by atoms with Gasteiger partial charge in [-0.15, -0.1) is 0 Å². The minimum atomic E-state index is -4.50. The number of ether oxygens (including phenoxy) is 1. The molecule has 1 fully saturated rings. The van der Waals surface area contributed by atoms with Crippen LogP contribution in [0.4, 0.5) is 23.9 Å². The molecule has 6 rings (SSSR count). The number of aromatic nitrogens is 4. The summed E-state index contributed by atoms with van der Waals surface area (Å²) >= 11 is 0. The van der Waals surface area contributed by atoms with Gasteiger partial charge in [-0.1, -0.05) is 72.8 Å². The second-order valence-electron chi connectivity index (χ2n) is 11.6. The van der Waals surface area contributed by atoms with Crippen LogP contribution in [0.15, 0.2) is 97.2 Å². The lowest BCUT2D eigenvalue weighted by molar-refractivity contribution is -0.137. The summed E-state index contributed by atoms with van der Waals surface area (Å²) in [6.07, 6.45) is -2.00. The van der Waals surface area contributed by atoms with E-state index in [-0.39, 0.29) is 24.7 Å². The first-order chi connectivity index (χ1) is 22.7. The molecule has 1 atom stereocenters. The molecule has 3 heterocycles. The van der Waals surface area contributed by atoms with E-state index in [2.05, 4.69) is 10.3 Å². The normalized spacial score (nSPS) is 14.5. The van der Waals surface area contributed by atoms with Gasteiger partial charge in [0.1, 0.15) is 12.4 Å². The van der Waals surface area contributed by atoms with Crippen molar-refractivity contribution in [3.63, 3.8) is 0 Å². The number of hydrogen-bond acceptors (Lipinski definition) is 6. The monoisotopic (exact) mass is 640 g/mol. The number of likely N-dealkylation sites (tertiary alicyclic amines) is 1. The quantitative estimate of drug-likeness (QED) is 0.184. The van der Waals surface area contributed by atoms with Gasteiger partial charge >= 0.3 is 12.3 Å². The number of benzene rings is 3. The van der Waals surface area contributed by atoms with Gasteiger partial charge in [0.25, 0.3) is 0 Å².